The SMILES string of the molecule is CC/C=C\C/C=C\C/C=C\C/C=C\C/C=C\C/C=C\C/C=C\C/C=C\C/C=C\C/C=C\CCCCCCCCCCC(=O)OC(COC(=O)CCCCCCCCCCCCCCCCCCCCCCCCCC/C=C\C/C=C\C/C=C\C/C=C\CC)COP(=O)(O)OCCN. The fourth-order valence-corrected chi connectivity index (χ4v) is 11.6. The molecule has 0 radical (unpaired) electrons. The minimum atomic E-state index is -4.41. The fraction of sp³-hybridized carbons (Fsp3) is 0.655. The van der Waals surface area contributed by atoms with Crippen molar-refractivity contribution >= 4 is 19.8 Å². The van der Waals surface area contributed by atoms with Crippen molar-refractivity contribution in [3.05, 3.63) is 170 Å². The highest BCUT2D eigenvalue weighted by molar-refractivity contribution is 7.47. The molecule has 0 heterocycles. The van der Waals surface area contributed by atoms with Gasteiger partial charge in [-0.2, -0.15) is 0 Å². The molecule has 0 amide bonds. The predicted octanol–water partition coefficient (Wildman–Crippen LogP) is 26.9. The molecule has 10 heteroatoms. The van der Waals surface area contributed by atoms with Crippen LogP contribution in [-0.4, -0.2) is 49.3 Å². The monoisotopic (exact) mass is 1360 g/mol. The Hall–Kier alpha value is -4.63. The molecule has 2 atom stereocenters. The number of phosphoric acid groups is 1. The molecule has 97 heavy (non-hydrogen) atoms. The Labute approximate surface area is 597 Å². The van der Waals surface area contributed by atoms with Crippen LogP contribution in [0, 0.1) is 0 Å². The first-order chi connectivity index (χ1) is 47.8. The van der Waals surface area contributed by atoms with E-state index in [1.165, 1.54) is 167 Å². The molecule has 0 saturated carbocycles. The number of carbonyl (C=O) groups is 2. The van der Waals surface area contributed by atoms with Crippen LogP contribution < -0.4 is 5.73 Å². The van der Waals surface area contributed by atoms with E-state index in [0.29, 0.717) is 6.42 Å². The average Bonchev–Trinajstić information content (AvgIpc) is 2.88. The van der Waals surface area contributed by atoms with Crippen molar-refractivity contribution in [2.45, 2.75) is 341 Å². The second-order valence-corrected chi connectivity index (χ2v) is 27.3. The zero-order valence-electron chi connectivity index (χ0n) is 62.3. The normalized spacial score (nSPS) is 13.8. The fourth-order valence-electron chi connectivity index (χ4n) is 10.8. The molecular formula is C87H146NO8P. The van der Waals surface area contributed by atoms with Crippen LogP contribution in [0.2, 0.25) is 0 Å². The van der Waals surface area contributed by atoms with Gasteiger partial charge in [0, 0.05) is 19.4 Å². The smallest absolute Gasteiger partial charge is 0.462 e. The van der Waals surface area contributed by atoms with Crippen LogP contribution in [0.25, 0.3) is 0 Å². The Kier molecular flexibility index (Phi) is 76.5. The van der Waals surface area contributed by atoms with Gasteiger partial charge in [-0.05, 0) is 128 Å². The highest BCUT2D eigenvalue weighted by Crippen LogP contribution is 2.43. The third kappa shape index (κ3) is 80.2. The van der Waals surface area contributed by atoms with Crippen LogP contribution in [0.15, 0.2) is 170 Å². The number of rotatable bonds is 73. The van der Waals surface area contributed by atoms with Crippen molar-refractivity contribution in [1.82, 2.24) is 0 Å². The molecule has 0 aliphatic heterocycles. The number of allylic oxidation sites excluding steroid dienone is 28. The first-order valence-electron chi connectivity index (χ1n) is 39.6. The van der Waals surface area contributed by atoms with E-state index < -0.39 is 26.5 Å². The molecule has 552 valence electrons. The summed E-state index contributed by atoms with van der Waals surface area (Å²) < 4.78 is 33.3. The van der Waals surface area contributed by atoms with Crippen LogP contribution >= 0.6 is 7.82 Å². The molecule has 0 aliphatic rings. The van der Waals surface area contributed by atoms with E-state index in [1.54, 1.807) is 0 Å². The largest absolute Gasteiger partial charge is 0.472 e. The second-order valence-electron chi connectivity index (χ2n) is 25.8. The van der Waals surface area contributed by atoms with Gasteiger partial charge in [0.1, 0.15) is 6.61 Å². The maximum atomic E-state index is 12.8. The van der Waals surface area contributed by atoms with E-state index in [9.17, 15) is 19.0 Å². The van der Waals surface area contributed by atoms with Gasteiger partial charge in [0.25, 0.3) is 0 Å². The molecule has 0 aromatic carbocycles. The summed E-state index contributed by atoms with van der Waals surface area (Å²) in [6.07, 6.45) is 119. The molecule has 9 nitrogen and oxygen atoms in total. The lowest BCUT2D eigenvalue weighted by atomic mass is 10.0. The van der Waals surface area contributed by atoms with Crippen LogP contribution in [0.3, 0.4) is 0 Å². The zero-order chi connectivity index (χ0) is 70.0. The lowest BCUT2D eigenvalue weighted by Gasteiger charge is -2.19. The molecule has 0 aromatic heterocycles. The Morgan fingerprint density at radius 1 is 0.309 bits per heavy atom. The number of nitrogens with two attached hydrogens (primary N) is 1. The van der Waals surface area contributed by atoms with Crippen molar-refractivity contribution in [1.29, 1.82) is 0 Å². The standard InChI is InChI=1S/C87H146NO8P/c1-3-5-7-9-11-13-15-17-19-21-23-25-27-29-31-33-35-37-39-41-42-44-46-48-50-52-54-56-58-60-62-64-66-68-70-72-74-76-78-80-87(90)96-85(84-95-97(91,92)94-82-81-88)83-93-86(89)79-77-75-73-71-69-67-65-63-61-59-57-55-53-51-49-47-45-43-40-38-36-34-32-30-28-26-24-22-20-18-16-14-12-10-8-6-4-2/h5-8,11-14,17-20,23-26,29,31,35,37,41-42,46,48,52,54,58,60,85H,3-4,9-10,15-16,21-22,27-28,30,32-34,36,38-40,43-45,47,49-51,53,55-57,59,61-84,88H2,1-2H3,(H,91,92)/b7-5-,8-6-,13-11-,14-12-,19-17-,20-18-,25-23-,26-24-,31-29-,37-35-,42-41-,48-46-,54-52-,60-58-. The average molecular weight is 1370 g/mol. The lowest BCUT2D eigenvalue weighted by molar-refractivity contribution is -0.161. The number of unbranched alkanes of at least 4 members (excludes halogenated alkanes) is 32. The Balaban J connectivity index is 3.88. The molecule has 0 aromatic rings. The van der Waals surface area contributed by atoms with Crippen LogP contribution in [0.1, 0.15) is 335 Å². The molecule has 0 spiro atoms. The molecule has 0 bridgehead atoms. The van der Waals surface area contributed by atoms with Crippen molar-refractivity contribution in [3.8, 4) is 0 Å². The third-order valence-corrected chi connectivity index (χ3v) is 17.6. The van der Waals surface area contributed by atoms with Crippen molar-refractivity contribution < 1.29 is 37.6 Å². The lowest BCUT2D eigenvalue weighted by Crippen LogP contribution is -2.29. The van der Waals surface area contributed by atoms with Gasteiger partial charge in [0.2, 0.25) is 0 Å². The molecule has 0 fully saturated rings. The predicted molar refractivity (Wildman–Crippen MR) is 422 cm³/mol. The number of esters is 2. The topological polar surface area (TPSA) is 134 Å². The van der Waals surface area contributed by atoms with Gasteiger partial charge in [-0.3, -0.25) is 18.6 Å². The zero-order valence-corrected chi connectivity index (χ0v) is 63.2. The van der Waals surface area contributed by atoms with Gasteiger partial charge < -0.3 is 20.1 Å². The van der Waals surface area contributed by atoms with E-state index in [2.05, 4.69) is 184 Å². The van der Waals surface area contributed by atoms with Gasteiger partial charge in [-0.25, -0.2) is 4.57 Å². The number of ether oxygens (including phenoxy) is 2. The summed E-state index contributed by atoms with van der Waals surface area (Å²) in [6.45, 7) is 3.53. The Morgan fingerprint density at radius 3 is 0.794 bits per heavy atom. The summed E-state index contributed by atoms with van der Waals surface area (Å²) in [6, 6.07) is 0. The summed E-state index contributed by atoms with van der Waals surface area (Å²) in [4.78, 5) is 35.5. The molecular weight excluding hydrogens is 1220 g/mol. The van der Waals surface area contributed by atoms with Crippen LogP contribution in [0.4, 0.5) is 0 Å². The van der Waals surface area contributed by atoms with Gasteiger partial charge >= 0.3 is 19.8 Å². The molecule has 0 aliphatic carbocycles. The maximum absolute atomic E-state index is 12.8. The number of carbonyl (C=O) groups excluding carboxylic acids is 2. The molecule has 2 unspecified atom stereocenters. The minimum Gasteiger partial charge on any atom is -0.462 e. The van der Waals surface area contributed by atoms with Crippen LogP contribution in [-0.2, 0) is 32.7 Å². The van der Waals surface area contributed by atoms with Crippen molar-refractivity contribution in [3.63, 3.8) is 0 Å². The summed E-state index contributed by atoms with van der Waals surface area (Å²) in [5, 5.41) is 0. The van der Waals surface area contributed by atoms with Gasteiger partial charge in [-0.15, -0.1) is 0 Å². The van der Waals surface area contributed by atoms with E-state index in [-0.39, 0.29) is 38.6 Å². The van der Waals surface area contributed by atoms with E-state index >= 15 is 0 Å². The number of phosphoric ester groups is 1. The summed E-state index contributed by atoms with van der Waals surface area (Å²) in [5.41, 5.74) is 5.41. The van der Waals surface area contributed by atoms with Gasteiger partial charge in [-0.1, -0.05) is 364 Å². The summed E-state index contributed by atoms with van der Waals surface area (Å²) >= 11 is 0. The highest BCUT2D eigenvalue weighted by atomic mass is 31.2. The third-order valence-electron chi connectivity index (χ3n) is 16.6. The van der Waals surface area contributed by atoms with E-state index in [0.717, 1.165) is 135 Å². The molecule has 0 rings (SSSR count). The van der Waals surface area contributed by atoms with Crippen molar-refractivity contribution in [2.24, 2.45) is 5.73 Å². The first kappa shape index (κ1) is 92.4. The Morgan fingerprint density at radius 2 is 0.536 bits per heavy atom. The maximum Gasteiger partial charge on any atom is 0.472 e. The van der Waals surface area contributed by atoms with E-state index in [1.807, 2.05) is 0 Å². The number of hydrogen-bond donors (Lipinski definition) is 2. The van der Waals surface area contributed by atoms with Crippen molar-refractivity contribution in [2.75, 3.05) is 26.4 Å². The first-order valence-corrected chi connectivity index (χ1v) is 41.1. The summed E-state index contributed by atoms with van der Waals surface area (Å²) in [7, 11) is -4.41. The highest BCUT2D eigenvalue weighted by Gasteiger charge is 2.26. The Bertz CT molecular complexity index is 2210. The molecule has 0 saturated heterocycles. The van der Waals surface area contributed by atoms with E-state index in [4.69, 9.17) is 24.3 Å². The van der Waals surface area contributed by atoms with Crippen LogP contribution in [0.5, 0.6) is 0 Å². The quantitative estimate of drug-likeness (QED) is 0.0264. The van der Waals surface area contributed by atoms with Gasteiger partial charge in [0.05, 0.1) is 13.2 Å². The minimum absolute atomic E-state index is 0.0460. The molecule has 3 N–H and O–H groups in total. The number of hydrogen-bond acceptors (Lipinski definition) is 8. The van der Waals surface area contributed by atoms with Gasteiger partial charge in [0.15, 0.2) is 6.10 Å². The summed E-state index contributed by atoms with van der Waals surface area (Å²) in [5.74, 6) is -0.834. The second kappa shape index (κ2) is 80.3.